The van der Waals surface area contributed by atoms with Crippen LogP contribution in [0.1, 0.15) is 0 Å². The molecule has 18 heavy (non-hydrogen) atoms. The Balaban J connectivity index is 2.05. The Labute approximate surface area is 126 Å². The first-order chi connectivity index (χ1) is 8.61. The normalized spacial score (nSPS) is 19.4. The van der Waals surface area contributed by atoms with Gasteiger partial charge in [-0.2, -0.15) is 0 Å². The Morgan fingerprint density at radius 3 is 2.56 bits per heavy atom. The van der Waals surface area contributed by atoms with E-state index in [4.69, 9.17) is 0 Å². The molecule has 1 fully saturated rings. The fraction of sp³-hybridized carbons (Fsp3) is 0.273. The minimum atomic E-state index is -0.530. The zero-order chi connectivity index (χ0) is 13.1. The zero-order valence-electron chi connectivity index (χ0n) is 9.23. The van der Waals surface area contributed by atoms with Gasteiger partial charge in [-0.3, -0.25) is 14.5 Å². The van der Waals surface area contributed by atoms with E-state index in [9.17, 15) is 9.59 Å². The molecular weight excluding hydrogens is 384 g/mol. The molecule has 7 heteroatoms. The molecule has 4 nitrogen and oxygen atoms in total. The van der Waals surface area contributed by atoms with Crippen LogP contribution in [0, 0.1) is 0 Å². The van der Waals surface area contributed by atoms with E-state index in [0.29, 0.717) is 11.9 Å². The van der Waals surface area contributed by atoms with E-state index in [2.05, 4.69) is 37.2 Å². The van der Waals surface area contributed by atoms with Gasteiger partial charge >= 0.3 is 0 Å². The van der Waals surface area contributed by atoms with Crippen molar-refractivity contribution in [2.45, 2.75) is 5.37 Å². The van der Waals surface area contributed by atoms with E-state index >= 15 is 0 Å². The number of nitrogens with zero attached hydrogens (tertiary/aromatic N) is 1. The van der Waals surface area contributed by atoms with Gasteiger partial charge in [0.2, 0.25) is 0 Å². The van der Waals surface area contributed by atoms with E-state index < -0.39 is 5.37 Å². The molecule has 0 unspecified atom stereocenters. The molecule has 96 valence electrons. The molecule has 1 N–H and O–H groups in total. The van der Waals surface area contributed by atoms with Crippen molar-refractivity contribution in [2.24, 2.45) is 0 Å². The van der Waals surface area contributed by atoms with Gasteiger partial charge in [-0.05, 0) is 36.0 Å². The number of anilines is 1. The second-order valence-electron chi connectivity index (χ2n) is 3.59. The van der Waals surface area contributed by atoms with E-state index in [1.165, 1.54) is 4.90 Å². The van der Waals surface area contributed by atoms with E-state index in [-0.39, 0.29) is 11.1 Å². The number of amides is 2. The molecule has 1 aromatic rings. The number of halogens is 2. The van der Waals surface area contributed by atoms with E-state index in [1.807, 2.05) is 24.3 Å². The number of carbonyl (C=O) groups is 2. The van der Waals surface area contributed by atoms with Crippen molar-refractivity contribution in [2.75, 3.05) is 17.2 Å². The minimum absolute atomic E-state index is 0.188. The highest BCUT2D eigenvalue weighted by molar-refractivity contribution is 9.10. The summed E-state index contributed by atoms with van der Waals surface area (Å²) in [5.74, 6) is -0.188. The van der Waals surface area contributed by atoms with Gasteiger partial charge in [0.1, 0.15) is 0 Å². The van der Waals surface area contributed by atoms with Crippen LogP contribution in [0.3, 0.4) is 0 Å². The summed E-state index contributed by atoms with van der Waals surface area (Å²) >= 11 is 7.58. The molecule has 2 amide bonds. The van der Waals surface area contributed by atoms with Crippen LogP contribution in [-0.2, 0) is 4.79 Å². The third kappa shape index (κ3) is 3.07. The van der Waals surface area contributed by atoms with Crippen molar-refractivity contribution in [3.8, 4) is 0 Å². The van der Waals surface area contributed by atoms with Gasteiger partial charge in [0.05, 0.1) is 0 Å². The van der Waals surface area contributed by atoms with Gasteiger partial charge in [-0.25, -0.2) is 0 Å². The number of rotatable bonds is 4. The average molecular weight is 394 g/mol. The number of hydrogen-bond acceptors (Lipinski definition) is 4. The molecule has 0 radical (unpaired) electrons. The molecule has 0 aromatic heterocycles. The van der Waals surface area contributed by atoms with E-state index in [0.717, 1.165) is 21.9 Å². The third-order valence-electron chi connectivity index (χ3n) is 2.38. The quantitative estimate of drug-likeness (QED) is 0.797. The number of benzene rings is 1. The molecule has 1 atom stereocenters. The summed E-state index contributed by atoms with van der Waals surface area (Å²) in [6, 6.07) is 7.47. The number of thioether (sulfide) groups is 1. The van der Waals surface area contributed by atoms with Crippen LogP contribution in [0.25, 0.3) is 0 Å². The van der Waals surface area contributed by atoms with Crippen molar-refractivity contribution in [3.63, 3.8) is 0 Å². The largest absolute Gasteiger partial charge is 0.365 e. The summed E-state index contributed by atoms with van der Waals surface area (Å²) in [7, 11) is 0. The minimum Gasteiger partial charge on any atom is -0.365 e. The molecule has 0 spiro atoms. The maximum absolute atomic E-state index is 12.0. The molecule has 0 bridgehead atoms. The van der Waals surface area contributed by atoms with Crippen molar-refractivity contribution < 1.29 is 9.59 Å². The first-order valence-electron chi connectivity index (χ1n) is 5.22. The molecule has 1 heterocycles. The second-order valence-corrected chi connectivity index (χ2v) is 6.36. The summed E-state index contributed by atoms with van der Waals surface area (Å²) < 4.78 is 0.968. The SMILES string of the molecule is O=C1S[C@@H](Nc2ccc(Br)cc2)C(=O)N1CCBr. The first kappa shape index (κ1) is 13.9. The van der Waals surface area contributed by atoms with Crippen LogP contribution in [0.5, 0.6) is 0 Å². The van der Waals surface area contributed by atoms with Crippen LogP contribution in [0.4, 0.5) is 10.5 Å². The highest BCUT2D eigenvalue weighted by Crippen LogP contribution is 2.28. The molecule has 1 aliphatic heterocycles. The summed E-state index contributed by atoms with van der Waals surface area (Å²) in [6.07, 6.45) is 0. The fourth-order valence-electron chi connectivity index (χ4n) is 1.52. The molecule has 1 saturated heterocycles. The predicted octanol–water partition coefficient (Wildman–Crippen LogP) is 3.28. The lowest BCUT2D eigenvalue weighted by Gasteiger charge is -2.13. The highest BCUT2D eigenvalue weighted by atomic mass is 79.9. The van der Waals surface area contributed by atoms with Crippen molar-refractivity contribution >= 4 is 60.5 Å². The van der Waals surface area contributed by atoms with Crippen molar-refractivity contribution in [3.05, 3.63) is 28.7 Å². The number of nitrogens with one attached hydrogen (secondary N) is 1. The first-order valence-corrected chi connectivity index (χ1v) is 8.01. The smallest absolute Gasteiger partial charge is 0.290 e. The second kappa shape index (κ2) is 6.08. The Bertz CT molecular complexity index is 467. The van der Waals surface area contributed by atoms with Gasteiger partial charge in [-0.1, -0.05) is 31.9 Å². The molecule has 1 aromatic carbocycles. The summed E-state index contributed by atoms with van der Waals surface area (Å²) in [6.45, 7) is 0.406. The van der Waals surface area contributed by atoms with Gasteiger partial charge < -0.3 is 5.32 Å². The Kier molecular flexibility index (Phi) is 4.69. The fourth-order valence-corrected chi connectivity index (χ4v) is 3.07. The van der Waals surface area contributed by atoms with E-state index in [1.54, 1.807) is 0 Å². The van der Waals surface area contributed by atoms with Gasteiger partial charge in [0.15, 0.2) is 5.37 Å². The van der Waals surface area contributed by atoms with Crippen LogP contribution in [-0.4, -0.2) is 33.3 Å². The van der Waals surface area contributed by atoms with Crippen LogP contribution in [0.15, 0.2) is 28.7 Å². The van der Waals surface area contributed by atoms with Crippen molar-refractivity contribution in [1.29, 1.82) is 0 Å². The Hall–Kier alpha value is -0.530. The molecule has 1 aliphatic rings. The maximum Gasteiger partial charge on any atom is 0.290 e. The van der Waals surface area contributed by atoms with Gasteiger partial charge in [-0.15, -0.1) is 0 Å². The lowest BCUT2D eigenvalue weighted by atomic mass is 10.3. The standard InChI is InChI=1S/C11H10Br2N2O2S/c12-5-6-15-10(16)9(18-11(15)17)14-8-3-1-7(13)2-4-8/h1-4,9,14H,5-6H2/t9-/m1/s1. The summed E-state index contributed by atoms with van der Waals surface area (Å²) in [5, 5.41) is 2.91. The lowest BCUT2D eigenvalue weighted by molar-refractivity contribution is -0.125. The summed E-state index contributed by atoms with van der Waals surface area (Å²) in [5.41, 5.74) is 0.817. The van der Waals surface area contributed by atoms with Gasteiger partial charge in [0, 0.05) is 22.0 Å². The highest BCUT2D eigenvalue weighted by Gasteiger charge is 2.39. The monoisotopic (exact) mass is 392 g/mol. The zero-order valence-corrected chi connectivity index (χ0v) is 13.2. The number of imide groups is 1. The number of hydrogen-bond donors (Lipinski definition) is 1. The predicted molar refractivity (Wildman–Crippen MR) is 80.0 cm³/mol. The summed E-state index contributed by atoms with van der Waals surface area (Å²) in [4.78, 5) is 24.9. The number of carbonyl (C=O) groups excluding carboxylic acids is 2. The average Bonchev–Trinajstić information content (AvgIpc) is 2.60. The Morgan fingerprint density at radius 2 is 1.94 bits per heavy atom. The lowest BCUT2D eigenvalue weighted by Crippen LogP contribution is -2.35. The van der Waals surface area contributed by atoms with Crippen LogP contribution < -0.4 is 5.32 Å². The van der Waals surface area contributed by atoms with Crippen LogP contribution >= 0.6 is 43.6 Å². The molecule has 2 rings (SSSR count). The van der Waals surface area contributed by atoms with Crippen molar-refractivity contribution in [1.82, 2.24) is 4.90 Å². The Morgan fingerprint density at radius 1 is 1.28 bits per heavy atom. The van der Waals surface area contributed by atoms with Gasteiger partial charge in [0.25, 0.3) is 11.1 Å². The number of alkyl halides is 1. The van der Waals surface area contributed by atoms with Crippen LogP contribution in [0.2, 0.25) is 0 Å². The molecule has 0 saturated carbocycles. The third-order valence-corrected chi connectivity index (χ3v) is 4.24. The maximum atomic E-state index is 12.0. The molecular formula is C11H10Br2N2O2S. The topological polar surface area (TPSA) is 49.4 Å². The molecule has 0 aliphatic carbocycles.